The lowest BCUT2D eigenvalue weighted by Gasteiger charge is -2.19. The Balaban J connectivity index is 1.61. The summed E-state index contributed by atoms with van der Waals surface area (Å²) >= 11 is 0. The number of carboxylic acids is 1. The van der Waals surface area contributed by atoms with Crippen molar-refractivity contribution in [1.82, 2.24) is 4.90 Å². The van der Waals surface area contributed by atoms with Gasteiger partial charge in [0, 0.05) is 36.7 Å². The van der Waals surface area contributed by atoms with Gasteiger partial charge in [-0.2, -0.15) is 0 Å². The molecular formula is C26H27NO5. The van der Waals surface area contributed by atoms with Gasteiger partial charge in [0.25, 0.3) is 5.91 Å². The first-order chi connectivity index (χ1) is 15.4. The number of carbonyl (C=O) groups is 2. The lowest BCUT2D eigenvalue weighted by Crippen LogP contribution is -2.26. The summed E-state index contributed by atoms with van der Waals surface area (Å²) in [6.45, 7) is 2.63. The summed E-state index contributed by atoms with van der Waals surface area (Å²) in [7, 11) is 1.76. The molecule has 0 aliphatic rings. The number of benzene rings is 2. The van der Waals surface area contributed by atoms with Crippen molar-refractivity contribution in [2.24, 2.45) is 0 Å². The zero-order chi connectivity index (χ0) is 22.9. The fourth-order valence-corrected chi connectivity index (χ4v) is 3.22. The Morgan fingerprint density at radius 3 is 2.47 bits per heavy atom. The van der Waals surface area contributed by atoms with E-state index in [1.807, 2.05) is 61.5 Å². The van der Waals surface area contributed by atoms with Gasteiger partial charge in [0.15, 0.2) is 0 Å². The summed E-state index contributed by atoms with van der Waals surface area (Å²) in [4.78, 5) is 25.2. The molecule has 0 spiro atoms. The molecule has 32 heavy (non-hydrogen) atoms. The zero-order valence-electron chi connectivity index (χ0n) is 18.3. The maximum Gasteiger partial charge on any atom is 0.303 e. The quantitative estimate of drug-likeness (QED) is 0.433. The van der Waals surface area contributed by atoms with Gasteiger partial charge >= 0.3 is 5.97 Å². The van der Waals surface area contributed by atoms with Gasteiger partial charge < -0.3 is 19.2 Å². The van der Waals surface area contributed by atoms with Crippen LogP contribution in [0.4, 0.5) is 0 Å². The smallest absolute Gasteiger partial charge is 0.303 e. The van der Waals surface area contributed by atoms with Crippen LogP contribution in [0, 0.1) is 0 Å². The molecule has 0 saturated heterocycles. The van der Waals surface area contributed by atoms with E-state index in [4.69, 9.17) is 14.3 Å². The van der Waals surface area contributed by atoms with E-state index in [9.17, 15) is 9.59 Å². The van der Waals surface area contributed by atoms with Crippen LogP contribution in [0.5, 0.6) is 5.75 Å². The monoisotopic (exact) mass is 433 g/mol. The molecule has 0 aliphatic heterocycles. The number of amides is 1. The highest BCUT2D eigenvalue weighted by molar-refractivity contribution is 5.94. The van der Waals surface area contributed by atoms with Gasteiger partial charge in [-0.3, -0.25) is 9.59 Å². The predicted octanol–water partition coefficient (Wildman–Crippen LogP) is 5.41. The van der Waals surface area contributed by atoms with Crippen molar-refractivity contribution >= 4 is 11.9 Å². The van der Waals surface area contributed by atoms with E-state index >= 15 is 0 Å². The molecule has 2 aromatic carbocycles. The molecule has 166 valence electrons. The zero-order valence-corrected chi connectivity index (χ0v) is 18.3. The highest BCUT2D eigenvalue weighted by atomic mass is 16.5. The molecule has 1 heterocycles. The van der Waals surface area contributed by atoms with Crippen LogP contribution in [0.2, 0.25) is 0 Å². The molecule has 0 saturated carbocycles. The number of carbonyl (C=O) groups excluding carboxylic acids is 1. The summed E-state index contributed by atoms with van der Waals surface area (Å²) < 4.78 is 11.3. The Morgan fingerprint density at radius 1 is 1.03 bits per heavy atom. The van der Waals surface area contributed by atoms with Crippen LogP contribution in [-0.2, 0) is 11.3 Å². The van der Waals surface area contributed by atoms with E-state index < -0.39 is 5.97 Å². The Labute approximate surface area is 187 Å². The first-order valence-corrected chi connectivity index (χ1v) is 10.4. The highest BCUT2D eigenvalue weighted by Gasteiger charge is 2.14. The SMILES string of the molecule is CC(=CCOc1ccccc1CN(C)C(=O)c1ccc(-c2ccco2)cc1)CCC(=O)O. The highest BCUT2D eigenvalue weighted by Crippen LogP contribution is 2.23. The molecule has 6 nitrogen and oxygen atoms in total. The summed E-state index contributed by atoms with van der Waals surface area (Å²) in [6.07, 6.45) is 4.11. The third kappa shape index (κ3) is 6.35. The molecule has 1 amide bonds. The number of hydrogen-bond donors (Lipinski definition) is 1. The van der Waals surface area contributed by atoms with Crippen molar-refractivity contribution < 1.29 is 23.8 Å². The van der Waals surface area contributed by atoms with Crippen LogP contribution >= 0.6 is 0 Å². The van der Waals surface area contributed by atoms with Crippen molar-refractivity contribution in [3.63, 3.8) is 0 Å². The summed E-state index contributed by atoms with van der Waals surface area (Å²) in [6, 6.07) is 18.6. The molecule has 0 fully saturated rings. The molecule has 3 rings (SSSR count). The largest absolute Gasteiger partial charge is 0.489 e. The number of para-hydroxylation sites is 1. The van der Waals surface area contributed by atoms with Crippen LogP contribution < -0.4 is 4.74 Å². The van der Waals surface area contributed by atoms with Crippen molar-refractivity contribution in [2.45, 2.75) is 26.3 Å². The Hall–Kier alpha value is -3.80. The second-order valence-corrected chi connectivity index (χ2v) is 7.58. The van der Waals surface area contributed by atoms with E-state index in [1.165, 1.54) is 0 Å². The van der Waals surface area contributed by atoms with Crippen LogP contribution in [0.25, 0.3) is 11.3 Å². The second kappa shape index (κ2) is 11.0. The molecule has 0 aliphatic carbocycles. The second-order valence-electron chi connectivity index (χ2n) is 7.58. The van der Waals surface area contributed by atoms with Crippen LogP contribution in [-0.4, -0.2) is 35.5 Å². The van der Waals surface area contributed by atoms with Crippen LogP contribution in [0.3, 0.4) is 0 Å². The third-order valence-corrected chi connectivity index (χ3v) is 5.07. The fourth-order valence-electron chi connectivity index (χ4n) is 3.22. The molecule has 0 radical (unpaired) electrons. The van der Waals surface area contributed by atoms with Gasteiger partial charge in [-0.25, -0.2) is 0 Å². The predicted molar refractivity (Wildman–Crippen MR) is 123 cm³/mol. The van der Waals surface area contributed by atoms with Gasteiger partial charge in [0.05, 0.1) is 6.26 Å². The number of furan rings is 1. The number of rotatable bonds is 10. The number of carboxylic acid groups (broad SMARTS) is 1. The van der Waals surface area contributed by atoms with Gasteiger partial charge in [-0.1, -0.05) is 35.9 Å². The number of nitrogens with zero attached hydrogens (tertiary/aromatic N) is 1. The Kier molecular flexibility index (Phi) is 7.86. The molecule has 3 aromatic rings. The average Bonchev–Trinajstić information content (AvgIpc) is 3.33. The third-order valence-electron chi connectivity index (χ3n) is 5.07. The van der Waals surface area contributed by atoms with Gasteiger partial charge in [-0.15, -0.1) is 0 Å². The molecule has 0 atom stereocenters. The number of hydrogen-bond acceptors (Lipinski definition) is 4. The van der Waals surface area contributed by atoms with Crippen molar-refractivity contribution in [1.29, 1.82) is 0 Å². The van der Waals surface area contributed by atoms with Crippen LogP contribution in [0.15, 0.2) is 83.0 Å². The standard InChI is InChI=1S/C26H27NO5/c1-19(9-14-25(28)29)15-17-32-24-7-4-3-6-22(24)18-27(2)26(30)21-12-10-20(11-13-21)23-8-5-16-31-23/h3-8,10-13,15-16H,9,14,17-18H2,1-2H3,(H,28,29). The molecular weight excluding hydrogens is 406 g/mol. The maximum atomic E-state index is 12.9. The van der Waals surface area contributed by atoms with Gasteiger partial charge in [-0.05, 0) is 49.8 Å². The topological polar surface area (TPSA) is 80.0 Å². The first-order valence-electron chi connectivity index (χ1n) is 10.4. The van der Waals surface area contributed by atoms with Crippen molar-refractivity contribution in [2.75, 3.05) is 13.7 Å². The van der Waals surface area contributed by atoms with Gasteiger partial charge in [0.2, 0.25) is 0 Å². The fraction of sp³-hybridized carbons (Fsp3) is 0.231. The molecule has 0 unspecified atom stereocenters. The number of ether oxygens (including phenoxy) is 1. The van der Waals surface area contributed by atoms with Crippen LogP contribution in [0.1, 0.15) is 35.7 Å². The molecule has 0 bridgehead atoms. The van der Waals surface area contributed by atoms with E-state index in [2.05, 4.69) is 0 Å². The Morgan fingerprint density at radius 2 is 1.78 bits per heavy atom. The lowest BCUT2D eigenvalue weighted by molar-refractivity contribution is -0.136. The lowest BCUT2D eigenvalue weighted by atomic mass is 10.1. The summed E-state index contributed by atoms with van der Waals surface area (Å²) in [5, 5.41) is 8.78. The van der Waals surface area contributed by atoms with Gasteiger partial charge in [0.1, 0.15) is 18.1 Å². The normalized spacial score (nSPS) is 11.2. The van der Waals surface area contributed by atoms with E-state index in [0.717, 1.165) is 22.5 Å². The van der Waals surface area contributed by atoms with E-state index in [-0.39, 0.29) is 12.3 Å². The minimum Gasteiger partial charge on any atom is -0.489 e. The first kappa shape index (κ1) is 22.9. The average molecular weight is 434 g/mol. The molecule has 1 aromatic heterocycles. The van der Waals surface area contributed by atoms with E-state index in [0.29, 0.717) is 30.9 Å². The minimum absolute atomic E-state index is 0.0878. The summed E-state index contributed by atoms with van der Waals surface area (Å²) in [5.74, 6) is 0.556. The number of aliphatic carboxylic acids is 1. The maximum absolute atomic E-state index is 12.9. The Bertz CT molecular complexity index is 1070. The molecule has 1 N–H and O–H groups in total. The van der Waals surface area contributed by atoms with E-state index in [1.54, 1.807) is 30.3 Å². The van der Waals surface area contributed by atoms with Crippen molar-refractivity contribution in [3.8, 4) is 17.1 Å². The number of allylic oxidation sites excluding steroid dienone is 1. The summed E-state index contributed by atoms with van der Waals surface area (Å²) in [5.41, 5.74) is 3.38. The minimum atomic E-state index is -0.813. The molecule has 6 heteroatoms. The van der Waals surface area contributed by atoms with Crippen molar-refractivity contribution in [3.05, 3.63) is 89.7 Å².